The summed E-state index contributed by atoms with van der Waals surface area (Å²) >= 11 is 0. The van der Waals surface area contributed by atoms with Crippen molar-refractivity contribution >= 4 is 17.6 Å². The summed E-state index contributed by atoms with van der Waals surface area (Å²) in [5.41, 5.74) is -0.101. The fraction of sp³-hybridized carbons (Fsp3) is 0.385. The predicted molar refractivity (Wildman–Crippen MR) is 71.5 cm³/mol. The Bertz CT molecular complexity index is 492. The van der Waals surface area contributed by atoms with Crippen LogP contribution < -0.4 is 10.6 Å². The molecule has 0 aliphatic rings. The summed E-state index contributed by atoms with van der Waals surface area (Å²) in [5.74, 6) is -1.86. The van der Waals surface area contributed by atoms with Gasteiger partial charge < -0.3 is 20.8 Å². The number of carbonyl (C=O) groups is 2. The van der Waals surface area contributed by atoms with Crippen LogP contribution in [0.2, 0.25) is 0 Å². The normalized spacial score (nSPS) is 11.1. The van der Waals surface area contributed by atoms with Gasteiger partial charge in [-0.2, -0.15) is 0 Å². The Labute approximate surface area is 111 Å². The van der Waals surface area contributed by atoms with Crippen LogP contribution in [0.5, 0.6) is 5.75 Å². The maximum Gasteiger partial charge on any atom is 0.339 e. The van der Waals surface area contributed by atoms with Crippen molar-refractivity contribution in [2.75, 3.05) is 11.9 Å². The van der Waals surface area contributed by atoms with E-state index in [2.05, 4.69) is 10.6 Å². The zero-order valence-corrected chi connectivity index (χ0v) is 11.2. The van der Waals surface area contributed by atoms with Crippen molar-refractivity contribution in [1.82, 2.24) is 5.32 Å². The van der Waals surface area contributed by atoms with E-state index in [4.69, 9.17) is 5.11 Å². The second kappa shape index (κ2) is 5.71. The number of carboxylic acid groups (broad SMARTS) is 1. The number of benzene rings is 1. The summed E-state index contributed by atoms with van der Waals surface area (Å²) < 4.78 is 0. The fourth-order valence-electron chi connectivity index (χ4n) is 1.34. The summed E-state index contributed by atoms with van der Waals surface area (Å²) in [4.78, 5) is 22.5. The lowest BCUT2D eigenvalue weighted by Crippen LogP contribution is -2.41. The molecule has 0 spiro atoms. The van der Waals surface area contributed by atoms with Crippen molar-refractivity contribution in [2.45, 2.75) is 26.3 Å². The van der Waals surface area contributed by atoms with Gasteiger partial charge >= 0.3 is 5.97 Å². The smallest absolute Gasteiger partial charge is 0.339 e. The second-order valence-corrected chi connectivity index (χ2v) is 5.19. The highest BCUT2D eigenvalue weighted by atomic mass is 16.4. The number of anilines is 1. The van der Waals surface area contributed by atoms with Gasteiger partial charge in [0.05, 0.1) is 6.54 Å². The van der Waals surface area contributed by atoms with Crippen LogP contribution >= 0.6 is 0 Å². The lowest BCUT2D eigenvalue weighted by Gasteiger charge is -2.20. The molecule has 104 valence electrons. The highest BCUT2D eigenvalue weighted by Gasteiger charge is 2.13. The number of carbonyl (C=O) groups excluding carboxylic acids is 1. The molecular weight excluding hydrogens is 248 g/mol. The monoisotopic (exact) mass is 266 g/mol. The van der Waals surface area contributed by atoms with E-state index in [0.717, 1.165) is 0 Å². The van der Waals surface area contributed by atoms with Crippen molar-refractivity contribution < 1.29 is 19.8 Å². The lowest BCUT2D eigenvalue weighted by molar-refractivity contribution is -0.115. The number of aromatic carboxylic acids is 1. The van der Waals surface area contributed by atoms with Crippen LogP contribution in [0.25, 0.3) is 0 Å². The van der Waals surface area contributed by atoms with Crippen LogP contribution in [0.1, 0.15) is 31.1 Å². The summed E-state index contributed by atoms with van der Waals surface area (Å²) in [6.07, 6.45) is 0. The Hall–Kier alpha value is -2.08. The minimum atomic E-state index is -1.25. The first-order chi connectivity index (χ1) is 8.69. The largest absolute Gasteiger partial charge is 0.507 e. The molecule has 6 nitrogen and oxygen atoms in total. The van der Waals surface area contributed by atoms with Crippen molar-refractivity contribution in [1.29, 1.82) is 0 Å². The zero-order valence-electron chi connectivity index (χ0n) is 11.2. The van der Waals surface area contributed by atoms with Gasteiger partial charge in [0.15, 0.2) is 0 Å². The number of amides is 1. The van der Waals surface area contributed by atoms with E-state index in [1.54, 1.807) is 0 Å². The number of carboxylic acids is 1. The minimum absolute atomic E-state index is 0.118. The van der Waals surface area contributed by atoms with E-state index < -0.39 is 5.97 Å². The molecule has 0 unspecified atom stereocenters. The number of nitrogens with one attached hydrogen (secondary N) is 2. The van der Waals surface area contributed by atoms with Crippen LogP contribution in [0, 0.1) is 0 Å². The SMILES string of the molecule is CC(C)(C)NCC(=O)Nc1ccc(O)c(C(=O)O)c1. The van der Waals surface area contributed by atoms with Crippen LogP contribution in [-0.4, -0.2) is 34.2 Å². The van der Waals surface area contributed by atoms with Gasteiger partial charge in [0.1, 0.15) is 11.3 Å². The van der Waals surface area contributed by atoms with Crippen LogP contribution in [0.3, 0.4) is 0 Å². The Morgan fingerprint density at radius 1 is 1.26 bits per heavy atom. The summed E-state index contributed by atoms with van der Waals surface area (Å²) in [5, 5.41) is 23.8. The number of rotatable bonds is 4. The molecule has 0 fully saturated rings. The van der Waals surface area contributed by atoms with Crippen molar-refractivity contribution in [3.63, 3.8) is 0 Å². The first kappa shape index (κ1) is 15.0. The molecule has 6 heteroatoms. The van der Waals surface area contributed by atoms with Crippen molar-refractivity contribution in [3.8, 4) is 5.75 Å². The van der Waals surface area contributed by atoms with Gasteiger partial charge in [-0.25, -0.2) is 4.79 Å². The fourth-order valence-corrected chi connectivity index (χ4v) is 1.34. The van der Waals surface area contributed by atoms with E-state index in [1.165, 1.54) is 18.2 Å². The molecule has 1 amide bonds. The molecule has 19 heavy (non-hydrogen) atoms. The Morgan fingerprint density at radius 2 is 1.89 bits per heavy atom. The standard InChI is InChI=1S/C13H18N2O4/c1-13(2,3)14-7-11(17)15-8-4-5-10(16)9(6-8)12(18)19/h4-6,14,16H,7H2,1-3H3,(H,15,17)(H,18,19). The summed E-state index contributed by atoms with van der Waals surface area (Å²) in [7, 11) is 0. The molecule has 0 radical (unpaired) electrons. The molecule has 0 saturated heterocycles. The van der Waals surface area contributed by atoms with Gasteiger partial charge in [-0.3, -0.25) is 4.79 Å². The molecule has 0 atom stereocenters. The minimum Gasteiger partial charge on any atom is -0.507 e. The molecule has 0 aliphatic heterocycles. The van der Waals surface area contributed by atoms with Crippen LogP contribution in [0.15, 0.2) is 18.2 Å². The van der Waals surface area contributed by atoms with Gasteiger partial charge in [-0.05, 0) is 39.0 Å². The van der Waals surface area contributed by atoms with Crippen molar-refractivity contribution in [2.24, 2.45) is 0 Å². The molecule has 1 aromatic rings. The third-order valence-corrected chi connectivity index (χ3v) is 2.29. The molecule has 0 bridgehead atoms. The zero-order chi connectivity index (χ0) is 14.6. The first-order valence-electron chi connectivity index (χ1n) is 5.80. The Morgan fingerprint density at radius 3 is 2.42 bits per heavy atom. The number of hydrogen-bond acceptors (Lipinski definition) is 4. The Kier molecular flexibility index (Phi) is 4.50. The van der Waals surface area contributed by atoms with Gasteiger partial charge in [0.25, 0.3) is 0 Å². The van der Waals surface area contributed by atoms with E-state index in [1.807, 2.05) is 20.8 Å². The molecule has 4 N–H and O–H groups in total. The number of hydrogen-bond donors (Lipinski definition) is 4. The topological polar surface area (TPSA) is 98.7 Å². The van der Waals surface area contributed by atoms with E-state index in [0.29, 0.717) is 5.69 Å². The van der Waals surface area contributed by atoms with Crippen LogP contribution in [-0.2, 0) is 4.79 Å². The summed E-state index contributed by atoms with van der Waals surface area (Å²) in [6.45, 7) is 5.92. The number of aromatic hydroxyl groups is 1. The molecule has 0 heterocycles. The molecule has 1 rings (SSSR count). The van der Waals surface area contributed by atoms with Crippen molar-refractivity contribution in [3.05, 3.63) is 23.8 Å². The van der Waals surface area contributed by atoms with Crippen LogP contribution in [0.4, 0.5) is 5.69 Å². The Balaban J connectivity index is 2.70. The summed E-state index contributed by atoms with van der Waals surface area (Å²) in [6, 6.07) is 3.89. The third kappa shape index (κ3) is 4.97. The average Bonchev–Trinajstić information content (AvgIpc) is 2.28. The molecular formula is C13H18N2O4. The molecule has 0 saturated carbocycles. The van der Waals surface area contributed by atoms with Gasteiger partial charge in [0.2, 0.25) is 5.91 Å². The quantitative estimate of drug-likeness (QED) is 0.618. The van der Waals surface area contributed by atoms with Gasteiger partial charge in [-0.1, -0.05) is 0 Å². The molecule has 0 aliphatic carbocycles. The van der Waals surface area contributed by atoms with E-state index >= 15 is 0 Å². The number of phenols is 1. The molecule has 0 aromatic heterocycles. The van der Waals surface area contributed by atoms with Gasteiger partial charge in [-0.15, -0.1) is 0 Å². The maximum atomic E-state index is 11.6. The third-order valence-electron chi connectivity index (χ3n) is 2.29. The van der Waals surface area contributed by atoms with E-state index in [9.17, 15) is 14.7 Å². The average molecular weight is 266 g/mol. The lowest BCUT2D eigenvalue weighted by atomic mass is 10.1. The first-order valence-corrected chi connectivity index (χ1v) is 5.80. The second-order valence-electron chi connectivity index (χ2n) is 5.19. The van der Waals surface area contributed by atoms with E-state index in [-0.39, 0.29) is 29.3 Å². The highest BCUT2D eigenvalue weighted by molar-refractivity contribution is 5.96. The predicted octanol–water partition coefficient (Wildman–Crippen LogP) is 1.42. The maximum absolute atomic E-state index is 11.6. The molecule has 1 aromatic carbocycles. The highest BCUT2D eigenvalue weighted by Crippen LogP contribution is 2.21. The van der Waals surface area contributed by atoms with Gasteiger partial charge in [0, 0.05) is 11.2 Å².